The van der Waals surface area contributed by atoms with Crippen molar-refractivity contribution in [2.45, 2.75) is 50.6 Å². The Labute approximate surface area is 166 Å². The van der Waals surface area contributed by atoms with Gasteiger partial charge in [-0.15, -0.1) is 0 Å². The van der Waals surface area contributed by atoms with Gasteiger partial charge in [-0.05, 0) is 73.4 Å². The van der Waals surface area contributed by atoms with Crippen LogP contribution in [0.15, 0.2) is 36.5 Å². The van der Waals surface area contributed by atoms with Crippen LogP contribution in [-0.2, 0) is 6.18 Å². The van der Waals surface area contributed by atoms with Gasteiger partial charge in [0, 0.05) is 17.1 Å². The molecule has 3 nitrogen and oxygen atoms in total. The minimum atomic E-state index is -4.40. The van der Waals surface area contributed by atoms with Gasteiger partial charge in [0.2, 0.25) is 0 Å². The summed E-state index contributed by atoms with van der Waals surface area (Å²) in [6, 6.07) is 8.53. The summed E-state index contributed by atoms with van der Waals surface area (Å²) in [5.41, 5.74) is 1.77. The van der Waals surface area contributed by atoms with Gasteiger partial charge >= 0.3 is 6.18 Å². The van der Waals surface area contributed by atoms with Gasteiger partial charge in [-0.1, -0.05) is 18.5 Å². The molecule has 0 spiro atoms. The van der Waals surface area contributed by atoms with Crippen LogP contribution in [0.1, 0.15) is 61.5 Å². The minimum Gasteiger partial charge on any atom is -0.342 e. The smallest absolute Gasteiger partial charge is 0.342 e. The van der Waals surface area contributed by atoms with Crippen LogP contribution in [0.2, 0.25) is 5.02 Å². The molecule has 1 aliphatic carbocycles. The maximum absolute atomic E-state index is 12.9. The zero-order valence-corrected chi connectivity index (χ0v) is 16.2. The van der Waals surface area contributed by atoms with E-state index in [1.165, 1.54) is 12.3 Å². The fourth-order valence-electron chi connectivity index (χ4n) is 4.25. The number of halogens is 4. The molecule has 1 aliphatic rings. The van der Waals surface area contributed by atoms with Crippen LogP contribution in [0.3, 0.4) is 0 Å². The lowest BCUT2D eigenvalue weighted by atomic mass is 9.74. The third-order valence-electron chi connectivity index (χ3n) is 5.92. The number of hydrogen-bond acceptors (Lipinski definition) is 2. The van der Waals surface area contributed by atoms with E-state index in [2.05, 4.69) is 16.9 Å². The van der Waals surface area contributed by atoms with Gasteiger partial charge in [0.15, 0.2) is 0 Å². The summed E-state index contributed by atoms with van der Waals surface area (Å²) in [4.78, 5) is 11.5. The largest absolute Gasteiger partial charge is 0.433 e. The molecule has 1 fully saturated rings. The summed E-state index contributed by atoms with van der Waals surface area (Å²) in [5.74, 6) is 1.82. The summed E-state index contributed by atoms with van der Waals surface area (Å²) in [5, 5.41) is 0.673. The van der Waals surface area contributed by atoms with Crippen LogP contribution < -0.4 is 0 Å². The van der Waals surface area contributed by atoms with Crippen LogP contribution in [-0.4, -0.2) is 15.0 Å². The molecule has 1 aromatic carbocycles. The van der Waals surface area contributed by atoms with E-state index in [1.807, 2.05) is 18.2 Å². The van der Waals surface area contributed by atoms with Crippen molar-refractivity contribution in [3.8, 4) is 0 Å². The number of hydrogen-bond donors (Lipinski definition) is 1. The Morgan fingerprint density at radius 1 is 1.11 bits per heavy atom. The maximum Gasteiger partial charge on any atom is 0.433 e. The number of alkyl halides is 3. The number of aromatic amines is 1. The lowest BCUT2D eigenvalue weighted by Crippen LogP contribution is -2.19. The zero-order valence-electron chi connectivity index (χ0n) is 15.4. The second-order valence-corrected chi connectivity index (χ2v) is 8.09. The number of imidazole rings is 1. The normalized spacial score (nSPS) is 21.8. The van der Waals surface area contributed by atoms with Crippen molar-refractivity contribution in [2.75, 3.05) is 0 Å². The van der Waals surface area contributed by atoms with E-state index in [0.29, 0.717) is 10.9 Å². The molecule has 148 valence electrons. The Bertz CT molecular complexity index is 974. The number of benzene rings is 1. The molecule has 1 N–H and O–H groups in total. The quantitative estimate of drug-likeness (QED) is 0.524. The van der Waals surface area contributed by atoms with E-state index in [0.717, 1.165) is 48.1 Å². The summed E-state index contributed by atoms with van der Waals surface area (Å²) in [7, 11) is 0. The molecule has 0 radical (unpaired) electrons. The summed E-state index contributed by atoms with van der Waals surface area (Å²) < 4.78 is 38.8. The van der Waals surface area contributed by atoms with E-state index >= 15 is 0 Å². The molecular formula is C21H21ClF3N3. The predicted molar refractivity (Wildman–Crippen MR) is 103 cm³/mol. The number of nitrogens with one attached hydrogen (secondary N) is 1. The van der Waals surface area contributed by atoms with Crippen LogP contribution in [0.4, 0.5) is 13.2 Å². The number of fused-ring (bicyclic) bond motifs is 1. The van der Waals surface area contributed by atoms with Gasteiger partial charge in [0.05, 0.1) is 11.0 Å². The van der Waals surface area contributed by atoms with Crippen molar-refractivity contribution in [2.24, 2.45) is 5.92 Å². The molecule has 0 amide bonds. The van der Waals surface area contributed by atoms with Gasteiger partial charge in [0.1, 0.15) is 11.5 Å². The highest BCUT2D eigenvalue weighted by molar-refractivity contribution is 6.31. The standard InChI is InChI=1S/C21H21ClF3N3/c1-12(20-27-17-7-6-16(22)11-18(17)28-20)13-2-4-14(5-3-13)15-8-9-26-19(10-15)21(23,24)25/h6-14H,2-5H2,1H3,(H,27,28)/t12-,13?,14?/m0/s1. The molecule has 2 heterocycles. The maximum atomic E-state index is 12.9. The number of pyridine rings is 1. The van der Waals surface area contributed by atoms with Gasteiger partial charge < -0.3 is 4.98 Å². The summed E-state index contributed by atoms with van der Waals surface area (Å²) >= 11 is 6.05. The van der Waals surface area contributed by atoms with E-state index in [4.69, 9.17) is 16.6 Å². The summed E-state index contributed by atoms with van der Waals surface area (Å²) in [6.07, 6.45) is 0.559. The zero-order chi connectivity index (χ0) is 19.9. The average Bonchev–Trinajstić information content (AvgIpc) is 3.10. The topological polar surface area (TPSA) is 41.6 Å². The molecule has 1 atom stereocenters. The fraction of sp³-hybridized carbons (Fsp3) is 0.429. The molecule has 2 aromatic heterocycles. The van der Waals surface area contributed by atoms with Crippen molar-refractivity contribution in [1.82, 2.24) is 15.0 Å². The van der Waals surface area contributed by atoms with E-state index < -0.39 is 11.9 Å². The van der Waals surface area contributed by atoms with Crippen LogP contribution in [0.5, 0.6) is 0 Å². The molecular weight excluding hydrogens is 387 g/mol. The van der Waals surface area contributed by atoms with Crippen LogP contribution in [0.25, 0.3) is 11.0 Å². The van der Waals surface area contributed by atoms with Gasteiger partial charge in [-0.2, -0.15) is 13.2 Å². The Balaban J connectivity index is 1.44. The van der Waals surface area contributed by atoms with Crippen molar-refractivity contribution < 1.29 is 13.2 Å². The third kappa shape index (κ3) is 3.88. The number of rotatable bonds is 3. The Morgan fingerprint density at radius 2 is 1.86 bits per heavy atom. The molecule has 0 bridgehead atoms. The van der Waals surface area contributed by atoms with Crippen LogP contribution >= 0.6 is 11.6 Å². The van der Waals surface area contributed by atoms with Crippen molar-refractivity contribution in [1.29, 1.82) is 0 Å². The number of nitrogens with zero attached hydrogens (tertiary/aromatic N) is 2. The third-order valence-corrected chi connectivity index (χ3v) is 6.15. The Kier molecular flexibility index (Phi) is 5.08. The minimum absolute atomic E-state index is 0.155. The molecule has 0 aliphatic heterocycles. The van der Waals surface area contributed by atoms with Gasteiger partial charge in [-0.25, -0.2) is 4.98 Å². The molecule has 3 aromatic rings. The molecule has 28 heavy (non-hydrogen) atoms. The van der Waals surface area contributed by atoms with Crippen molar-refractivity contribution in [3.63, 3.8) is 0 Å². The van der Waals surface area contributed by atoms with Crippen LogP contribution in [0, 0.1) is 5.92 Å². The van der Waals surface area contributed by atoms with E-state index in [1.54, 1.807) is 6.07 Å². The fourth-order valence-corrected chi connectivity index (χ4v) is 4.42. The predicted octanol–water partition coefficient (Wildman–Crippen LogP) is 6.71. The first kappa shape index (κ1) is 19.2. The molecule has 1 saturated carbocycles. The first-order valence-electron chi connectivity index (χ1n) is 9.49. The molecule has 7 heteroatoms. The molecule has 0 saturated heterocycles. The second-order valence-electron chi connectivity index (χ2n) is 7.66. The lowest BCUT2D eigenvalue weighted by Gasteiger charge is -2.32. The number of H-pyrrole nitrogens is 1. The van der Waals surface area contributed by atoms with E-state index in [-0.39, 0.29) is 11.8 Å². The van der Waals surface area contributed by atoms with E-state index in [9.17, 15) is 13.2 Å². The summed E-state index contributed by atoms with van der Waals surface area (Å²) in [6.45, 7) is 2.17. The average molecular weight is 408 g/mol. The first-order valence-corrected chi connectivity index (χ1v) is 9.87. The highest BCUT2D eigenvalue weighted by atomic mass is 35.5. The van der Waals surface area contributed by atoms with Gasteiger partial charge in [0.25, 0.3) is 0 Å². The van der Waals surface area contributed by atoms with Crippen molar-refractivity contribution in [3.05, 3.63) is 58.6 Å². The molecule has 4 rings (SSSR count). The SMILES string of the molecule is C[C@H](c1nc2ccc(Cl)cc2[nH]1)C1CCC(c2ccnc(C(F)(F)F)c2)CC1. The Hall–Kier alpha value is -2.08. The number of aromatic nitrogens is 3. The van der Waals surface area contributed by atoms with Crippen molar-refractivity contribution >= 4 is 22.6 Å². The molecule has 0 unspecified atom stereocenters. The monoisotopic (exact) mass is 407 g/mol. The highest BCUT2D eigenvalue weighted by Crippen LogP contribution is 2.42. The lowest BCUT2D eigenvalue weighted by molar-refractivity contribution is -0.141. The van der Waals surface area contributed by atoms with Gasteiger partial charge in [-0.3, -0.25) is 4.98 Å². The first-order chi connectivity index (χ1) is 13.3. The highest BCUT2D eigenvalue weighted by Gasteiger charge is 2.34. The second kappa shape index (κ2) is 7.39. The Morgan fingerprint density at radius 3 is 2.57 bits per heavy atom.